The Morgan fingerprint density at radius 1 is 1.55 bits per heavy atom. The van der Waals surface area contributed by atoms with Crippen LogP contribution in [0.3, 0.4) is 0 Å². The van der Waals surface area contributed by atoms with Crippen molar-refractivity contribution < 1.29 is 9.53 Å². The van der Waals surface area contributed by atoms with E-state index in [-0.39, 0.29) is 11.4 Å². The number of carbonyl (C=O) groups is 1. The summed E-state index contributed by atoms with van der Waals surface area (Å²) in [6, 6.07) is 8.12. The van der Waals surface area contributed by atoms with Crippen LogP contribution in [0.2, 0.25) is 0 Å². The molecule has 1 aromatic carbocycles. The van der Waals surface area contributed by atoms with Crippen molar-refractivity contribution in [3.8, 4) is 0 Å². The number of nitrogens with one attached hydrogen (secondary N) is 2. The summed E-state index contributed by atoms with van der Waals surface area (Å²) in [7, 11) is 0. The summed E-state index contributed by atoms with van der Waals surface area (Å²) >= 11 is 0. The molecular formula is C16H18N2O2. The van der Waals surface area contributed by atoms with Crippen LogP contribution in [0.15, 0.2) is 24.3 Å². The van der Waals surface area contributed by atoms with Gasteiger partial charge in [-0.25, -0.2) is 0 Å². The molecule has 2 atom stereocenters. The summed E-state index contributed by atoms with van der Waals surface area (Å²) in [5, 5.41) is 4.29. The lowest BCUT2D eigenvalue weighted by Crippen LogP contribution is -2.39. The van der Waals surface area contributed by atoms with E-state index < -0.39 is 0 Å². The molecule has 0 radical (unpaired) electrons. The highest BCUT2D eigenvalue weighted by Crippen LogP contribution is 2.48. The van der Waals surface area contributed by atoms with Gasteiger partial charge in [-0.05, 0) is 30.5 Å². The fourth-order valence-corrected chi connectivity index (χ4v) is 3.29. The van der Waals surface area contributed by atoms with E-state index >= 15 is 0 Å². The molecule has 4 nitrogen and oxygen atoms in total. The predicted molar refractivity (Wildman–Crippen MR) is 76.8 cm³/mol. The highest BCUT2D eigenvalue weighted by molar-refractivity contribution is 5.99. The number of hydrogen-bond acceptors (Lipinski definition) is 2. The molecule has 1 amide bonds. The van der Waals surface area contributed by atoms with Crippen molar-refractivity contribution in [1.29, 1.82) is 0 Å². The second-order valence-electron chi connectivity index (χ2n) is 5.94. The monoisotopic (exact) mass is 270 g/mol. The van der Waals surface area contributed by atoms with Crippen molar-refractivity contribution in [2.24, 2.45) is 5.92 Å². The number of fused-ring (bicyclic) bond motifs is 2. The smallest absolute Gasteiger partial charge is 0.268 e. The minimum absolute atomic E-state index is 0.0174. The fraction of sp³-hybridized carbons (Fsp3) is 0.438. The molecule has 1 aromatic heterocycles. The zero-order chi connectivity index (χ0) is 13.7. The third-order valence-electron chi connectivity index (χ3n) is 4.65. The molecule has 104 valence electrons. The van der Waals surface area contributed by atoms with Gasteiger partial charge >= 0.3 is 0 Å². The lowest BCUT2D eigenvalue weighted by atomic mass is 10.1. The zero-order valence-corrected chi connectivity index (χ0v) is 11.5. The lowest BCUT2D eigenvalue weighted by Gasteiger charge is -2.12. The second kappa shape index (κ2) is 4.09. The Kier molecular flexibility index (Phi) is 2.45. The van der Waals surface area contributed by atoms with Gasteiger partial charge in [0.15, 0.2) is 0 Å². The van der Waals surface area contributed by atoms with Gasteiger partial charge in [0, 0.05) is 16.8 Å². The summed E-state index contributed by atoms with van der Waals surface area (Å²) < 4.78 is 5.42. The molecule has 4 rings (SSSR count). The third kappa shape index (κ3) is 1.68. The predicted octanol–water partition coefficient (Wildman–Crippen LogP) is 2.25. The summed E-state index contributed by atoms with van der Waals surface area (Å²) in [6.45, 7) is 3.57. The molecule has 2 heterocycles. The first-order chi connectivity index (χ1) is 9.72. The van der Waals surface area contributed by atoms with Crippen LogP contribution >= 0.6 is 0 Å². The van der Waals surface area contributed by atoms with Gasteiger partial charge in [0.05, 0.1) is 18.8 Å². The normalized spacial score (nSPS) is 27.6. The first-order valence-corrected chi connectivity index (χ1v) is 7.23. The van der Waals surface area contributed by atoms with Gasteiger partial charge < -0.3 is 15.0 Å². The topological polar surface area (TPSA) is 54.1 Å². The Morgan fingerprint density at radius 3 is 3.15 bits per heavy atom. The Balaban J connectivity index is 1.63. The van der Waals surface area contributed by atoms with Crippen molar-refractivity contribution in [2.45, 2.75) is 25.3 Å². The van der Waals surface area contributed by atoms with Crippen LogP contribution in [0.4, 0.5) is 0 Å². The summed E-state index contributed by atoms with van der Waals surface area (Å²) in [6.07, 6.45) is 2.02. The van der Waals surface area contributed by atoms with E-state index in [0.29, 0.717) is 18.2 Å². The maximum atomic E-state index is 12.4. The summed E-state index contributed by atoms with van der Waals surface area (Å²) in [5.74, 6) is 0.498. The van der Waals surface area contributed by atoms with Gasteiger partial charge in [0.2, 0.25) is 0 Å². The van der Waals surface area contributed by atoms with Gasteiger partial charge in [0.25, 0.3) is 5.91 Å². The average Bonchev–Trinajstić information content (AvgIpc) is 2.84. The zero-order valence-electron chi connectivity index (χ0n) is 11.5. The minimum Gasteiger partial charge on any atom is -0.379 e. The molecule has 20 heavy (non-hydrogen) atoms. The Hall–Kier alpha value is -1.81. The van der Waals surface area contributed by atoms with Crippen LogP contribution in [0.5, 0.6) is 0 Å². The van der Waals surface area contributed by atoms with Gasteiger partial charge in [0.1, 0.15) is 5.69 Å². The van der Waals surface area contributed by atoms with Crippen LogP contribution in [0.25, 0.3) is 10.9 Å². The lowest BCUT2D eigenvalue weighted by molar-refractivity contribution is 0.0901. The Bertz CT molecular complexity index is 691. The number of ether oxygens (including phenoxy) is 1. The molecule has 4 heteroatoms. The number of amides is 1. The van der Waals surface area contributed by atoms with Crippen LogP contribution in [-0.2, 0) is 11.2 Å². The van der Waals surface area contributed by atoms with Crippen LogP contribution in [0, 0.1) is 5.92 Å². The molecule has 2 fully saturated rings. The van der Waals surface area contributed by atoms with E-state index in [9.17, 15) is 4.79 Å². The van der Waals surface area contributed by atoms with Crippen molar-refractivity contribution >= 4 is 16.8 Å². The summed E-state index contributed by atoms with van der Waals surface area (Å²) in [5.41, 5.74) is 2.86. The van der Waals surface area contributed by atoms with Crippen molar-refractivity contribution in [1.82, 2.24) is 10.3 Å². The first kappa shape index (κ1) is 12.0. The molecule has 0 bridgehead atoms. The molecule has 2 aliphatic rings. The van der Waals surface area contributed by atoms with Gasteiger partial charge in [-0.3, -0.25) is 4.79 Å². The van der Waals surface area contributed by atoms with Crippen LogP contribution < -0.4 is 5.32 Å². The van der Waals surface area contributed by atoms with E-state index in [1.807, 2.05) is 18.2 Å². The molecule has 2 N–H and O–H groups in total. The van der Waals surface area contributed by atoms with Crippen molar-refractivity contribution in [3.63, 3.8) is 0 Å². The summed E-state index contributed by atoms with van der Waals surface area (Å²) in [4.78, 5) is 15.6. The van der Waals surface area contributed by atoms with E-state index in [0.717, 1.165) is 30.4 Å². The van der Waals surface area contributed by atoms with E-state index in [1.165, 1.54) is 5.56 Å². The highest BCUT2D eigenvalue weighted by Gasteiger charge is 2.59. The van der Waals surface area contributed by atoms with Crippen molar-refractivity contribution in [2.75, 3.05) is 13.2 Å². The number of aromatic nitrogens is 1. The molecule has 1 saturated carbocycles. The van der Waals surface area contributed by atoms with Crippen molar-refractivity contribution in [3.05, 3.63) is 35.5 Å². The molecule has 0 spiro atoms. The van der Waals surface area contributed by atoms with Crippen LogP contribution in [0.1, 0.15) is 29.4 Å². The molecule has 1 aliphatic carbocycles. The number of hydrogen-bond donors (Lipinski definition) is 2. The van der Waals surface area contributed by atoms with Gasteiger partial charge in [-0.15, -0.1) is 0 Å². The van der Waals surface area contributed by atoms with Crippen LogP contribution in [-0.4, -0.2) is 29.6 Å². The van der Waals surface area contributed by atoms with E-state index in [4.69, 9.17) is 4.74 Å². The fourth-order valence-electron chi connectivity index (χ4n) is 3.29. The maximum Gasteiger partial charge on any atom is 0.268 e. The number of benzene rings is 1. The number of rotatable bonds is 3. The first-order valence-electron chi connectivity index (χ1n) is 7.23. The standard InChI is InChI=1S/C16H18N2O2/c1-2-10-4-3-5-13-12(10)6-14(17-13)15(19)18-16-7-11(16)8-20-9-16/h3-6,11,17H,2,7-9H2,1H3,(H,18,19)/t11-,16-/m0/s1. The Labute approximate surface area is 117 Å². The quantitative estimate of drug-likeness (QED) is 0.898. The average molecular weight is 270 g/mol. The Morgan fingerprint density at radius 2 is 2.45 bits per heavy atom. The largest absolute Gasteiger partial charge is 0.379 e. The SMILES string of the molecule is CCc1cccc2[nH]c(C(=O)N[C@@]34COC[C@@H]3C4)cc12. The maximum absolute atomic E-state index is 12.4. The number of aromatic amines is 1. The van der Waals surface area contributed by atoms with E-state index in [1.54, 1.807) is 0 Å². The molecule has 2 aromatic rings. The molecule has 1 aliphatic heterocycles. The molecular weight excluding hydrogens is 252 g/mol. The third-order valence-corrected chi connectivity index (χ3v) is 4.65. The molecule has 1 saturated heterocycles. The number of aryl methyl sites for hydroxylation is 1. The van der Waals surface area contributed by atoms with Gasteiger partial charge in [-0.2, -0.15) is 0 Å². The highest BCUT2D eigenvalue weighted by atomic mass is 16.5. The molecule has 0 unspecified atom stereocenters. The number of carbonyl (C=O) groups excluding carboxylic acids is 1. The second-order valence-corrected chi connectivity index (χ2v) is 5.94. The van der Waals surface area contributed by atoms with Gasteiger partial charge in [-0.1, -0.05) is 19.1 Å². The number of H-pyrrole nitrogens is 1. The minimum atomic E-state index is -0.0814. The van der Waals surface area contributed by atoms with E-state index in [2.05, 4.69) is 23.3 Å².